The molecule has 2 atom stereocenters. The van der Waals surface area contributed by atoms with Gasteiger partial charge < -0.3 is 9.80 Å². The summed E-state index contributed by atoms with van der Waals surface area (Å²) in [6, 6.07) is 0.520. The van der Waals surface area contributed by atoms with Crippen molar-refractivity contribution in [2.75, 3.05) is 25.0 Å². The normalized spacial score (nSPS) is 32.7. The minimum absolute atomic E-state index is 0.261. The zero-order valence-electron chi connectivity index (χ0n) is 10.5. The third-order valence-electron chi connectivity index (χ3n) is 4.22. The van der Waals surface area contributed by atoms with Gasteiger partial charge in [0.1, 0.15) is 0 Å². The highest BCUT2D eigenvalue weighted by molar-refractivity contribution is 9.09. The largest absolute Gasteiger partial charge is 0.342 e. The first-order valence-corrected chi connectivity index (χ1v) is 7.92. The van der Waals surface area contributed by atoms with Crippen LogP contribution in [0.3, 0.4) is 0 Å². The molecule has 2 aliphatic heterocycles. The van der Waals surface area contributed by atoms with Crippen LogP contribution in [0.5, 0.6) is 0 Å². The molecule has 0 spiro atoms. The van der Waals surface area contributed by atoms with Gasteiger partial charge in [0.25, 0.3) is 0 Å². The summed E-state index contributed by atoms with van der Waals surface area (Å²) >= 11 is 3.45. The summed E-state index contributed by atoms with van der Waals surface area (Å²) in [5.41, 5.74) is 0. The fraction of sp³-hybridized carbons (Fsp3) is 0.846. The molecule has 100 valence electrons. The Labute approximate surface area is 116 Å². The molecular weight excluding hydrogens is 296 g/mol. The monoisotopic (exact) mass is 314 g/mol. The Morgan fingerprint density at radius 1 is 1.06 bits per heavy atom. The first kappa shape index (κ1) is 12.5. The number of carbonyl (C=O) groups excluding carboxylic acids is 2. The second-order valence-electron chi connectivity index (χ2n) is 5.87. The molecule has 2 heterocycles. The Morgan fingerprint density at radius 3 is 2.39 bits per heavy atom. The van der Waals surface area contributed by atoms with Crippen molar-refractivity contribution in [3.8, 4) is 0 Å². The molecule has 5 heteroatoms. The fourth-order valence-corrected chi connectivity index (χ4v) is 3.55. The molecule has 2 unspecified atom stereocenters. The van der Waals surface area contributed by atoms with E-state index in [-0.39, 0.29) is 5.91 Å². The van der Waals surface area contributed by atoms with Crippen LogP contribution in [0.25, 0.3) is 0 Å². The van der Waals surface area contributed by atoms with Gasteiger partial charge in [-0.05, 0) is 18.8 Å². The van der Waals surface area contributed by atoms with Crippen molar-refractivity contribution < 1.29 is 9.59 Å². The van der Waals surface area contributed by atoms with Gasteiger partial charge in [-0.25, -0.2) is 0 Å². The molecule has 0 aromatic heterocycles. The van der Waals surface area contributed by atoms with Crippen LogP contribution in [0.2, 0.25) is 0 Å². The second kappa shape index (κ2) is 4.83. The van der Waals surface area contributed by atoms with Gasteiger partial charge in [-0.3, -0.25) is 9.59 Å². The fourth-order valence-electron chi connectivity index (χ4n) is 3.12. The van der Waals surface area contributed by atoms with E-state index in [9.17, 15) is 9.59 Å². The van der Waals surface area contributed by atoms with Gasteiger partial charge in [-0.1, -0.05) is 15.9 Å². The number of hydrogen-bond donors (Lipinski definition) is 0. The quantitative estimate of drug-likeness (QED) is 0.733. The topological polar surface area (TPSA) is 40.6 Å². The molecule has 4 nitrogen and oxygen atoms in total. The van der Waals surface area contributed by atoms with Gasteiger partial charge in [-0.2, -0.15) is 0 Å². The summed E-state index contributed by atoms with van der Waals surface area (Å²) in [7, 11) is 0. The van der Waals surface area contributed by atoms with E-state index in [1.165, 1.54) is 12.8 Å². The number of halogens is 1. The minimum Gasteiger partial charge on any atom is -0.342 e. The molecule has 3 rings (SSSR count). The summed E-state index contributed by atoms with van der Waals surface area (Å²) in [6.07, 6.45) is 3.65. The van der Waals surface area contributed by atoms with Crippen LogP contribution in [0.4, 0.5) is 0 Å². The number of rotatable bonds is 4. The zero-order valence-corrected chi connectivity index (χ0v) is 12.1. The predicted octanol–water partition coefficient (Wildman–Crippen LogP) is 1.24. The van der Waals surface area contributed by atoms with Crippen LogP contribution in [0.1, 0.15) is 25.7 Å². The number of alkyl halides is 1. The van der Waals surface area contributed by atoms with Crippen molar-refractivity contribution >= 4 is 27.7 Å². The Balaban J connectivity index is 1.54. The molecule has 2 amide bonds. The first-order valence-electron chi connectivity index (χ1n) is 6.80. The molecule has 1 saturated carbocycles. The lowest BCUT2D eigenvalue weighted by molar-refractivity contribution is -0.129. The third-order valence-corrected chi connectivity index (χ3v) is 5.13. The molecule has 0 radical (unpaired) electrons. The highest BCUT2D eigenvalue weighted by atomic mass is 79.9. The van der Waals surface area contributed by atoms with Crippen molar-refractivity contribution in [1.82, 2.24) is 9.80 Å². The summed E-state index contributed by atoms with van der Waals surface area (Å²) in [4.78, 5) is 27.7. The van der Waals surface area contributed by atoms with Crippen molar-refractivity contribution in [2.45, 2.75) is 31.7 Å². The van der Waals surface area contributed by atoms with E-state index >= 15 is 0 Å². The smallest absolute Gasteiger partial charge is 0.223 e. The number of hydrogen-bond acceptors (Lipinski definition) is 2. The van der Waals surface area contributed by atoms with Crippen LogP contribution < -0.4 is 0 Å². The number of nitrogens with zero attached hydrogens (tertiary/aromatic N) is 2. The van der Waals surface area contributed by atoms with Gasteiger partial charge in [0.05, 0.1) is 0 Å². The zero-order chi connectivity index (χ0) is 12.7. The maximum Gasteiger partial charge on any atom is 0.223 e. The van der Waals surface area contributed by atoms with Gasteiger partial charge in [0.15, 0.2) is 0 Å². The lowest BCUT2D eigenvalue weighted by atomic mass is 10.1. The third kappa shape index (κ3) is 2.42. The first-order chi connectivity index (χ1) is 8.67. The van der Waals surface area contributed by atoms with Gasteiger partial charge in [0.2, 0.25) is 11.8 Å². The van der Waals surface area contributed by atoms with Gasteiger partial charge in [-0.15, -0.1) is 0 Å². The predicted molar refractivity (Wildman–Crippen MR) is 71.3 cm³/mol. The van der Waals surface area contributed by atoms with E-state index in [1.54, 1.807) is 0 Å². The van der Waals surface area contributed by atoms with Crippen LogP contribution in [-0.2, 0) is 9.59 Å². The van der Waals surface area contributed by atoms with E-state index in [0.29, 0.717) is 36.6 Å². The molecule has 18 heavy (non-hydrogen) atoms. The Kier molecular flexibility index (Phi) is 3.34. The number of likely N-dealkylation sites (tertiary alicyclic amines) is 2. The van der Waals surface area contributed by atoms with E-state index in [2.05, 4.69) is 15.9 Å². The second-order valence-corrected chi connectivity index (χ2v) is 6.52. The van der Waals surface area contributed by atoms with E-state index < -0.39 is 0 Å². The molecule has 0 aromatic carbocycles. The molecule has 1 aliphatic carbocycles. The van der Waals surface area contributed by atoms with Crippen LogP contribution in [-0.4, -0.2) is 52.6 Å². The van der Waals surface area contributed by atoms with E-state index in [0.717, 1.165) is 25.0 Å². The standard InChI is InChI=1S/C13H19BrN2O2/c14-5-9-3-12(17)15(6-9)7-10-4-13(18)16(8-10)11-1-2-11/h9-11H,1-8H2. The Bertz CT molecular complexity index is 370. The summed E-state index contributed by atoms with van der Waals surface area (Å²) in [5.74, 6) is 1.37. The Hall–Kier alpha value is -0.580. The average Bonchev–Trinajstić information content (AvgIpc) is 3.04. The number of carbonyl (C=O) groups is 2. The van der Waals surface area contributed by atoms with Crippen molar-refractivity contribution in [1.29, 1.82) is 0 Å². The molecule has 0 N–H and O–H groups in total. The van der Waals surface area contributed by atoms with Crippen LogP contribution >= 0.6 is 15.9 Å². The molecule has 3 fully saturated rings. The van der Waals surface area contributed by atoms with Crippen molar-refractivity contribution in [2.24, 2.45) is 11.8 Å². The van der Waals surface area contributed by atoms with Crippen molar-refractivity contribution in [3.63, 3.8) is 0 Å². The summed E-state index contributed by atoms with van der Waals surface area (Å²) < 4.78 is 0. The van der Waals surface area contributed by atoms with Crippen LogP contribution in [0.15, 0.2) is 0 Å². The summed E-state index contributed by atoms with van der Waals surface area (Å²) in [6.45, 7) is 2.50. The van der Waals surface area contributed by atoms with Gasteiger partial charge in [0, 0.05) is 49.8 Å². The molecular formula is C13H19BrN2O2. The molecule has 0 aromatic rings. The van der Waals surface area contributed by atoms with E-state index in [1.807, 2.05) is 9.80 Å². The molecule has 0 bridgehead atoms. The van der Waals surface area contributed by atoms with E-state index in [4.69, 9.17) is 0 Å². The average molecular weight is 315 g/mol. The molecule has 3 aliphatic rings. The van der Waals surface area contributed by atoms with Gasteiger partial charge >= 0.3 is 0 Å². The van der Waals surface area contributed by atoms with Crippen LogP contribution in [0, 0.1) is 11.8 Å². The SMILES string of the molecule is O=C1CC(CBr)CN1CC1CC(=O)N(C2CC2)C1. The maximum atomic E-state index is 11.9. The highest BCUT2D eigenvalue weighted by Gasteiger charge is 2.40. The minimum atomic E-state index is 0.261. The molecule has 2 saturated heterocycles. The number of amides is 2. The lowest BCUT2D eigenvalue weighted by Crippen LogP contribution is -2.33. The maximum absolute atomic E-state index is 11.9. The van der Waals surface area contributed by atoms with Crippen molar-refractivity contribution in [3.05, 3.63) is 0 Å². The summed E-state index contributed by atoms with van der Waals surface area (Å²) in [5, 5.41) is 0.896. The Morgan fingerprint density at radius 2 is 1.78 bits per heavy atom. The highest BCUT2D eigenvalue weighted by Crippen LogP contribution is 2.33. The lowest BCUT2D eigenvalue weighted by Gasteiger charge is -2.21.